The third kappa shape index (κ3) is 3.37. The van der Waals surface area contributed by atoms with Crippen LogP contribution >= 0.6 is 0 Å². The average molecular weight is 324 g/mol. The fourth-order valence-electron chi connectivity index (χ4n) is 2.71. The number of anilines is 1. The number of rotatable bonds is 4. The highest BCUT2D eigenvalue weighted by Crippen LogP contribution is 2.28. The van der Waals surface area contributed by atoms with Crippen molar-refractivity contribution >= 4 is 11.5 Å². The molecule has 2 aromatic heterocycles. The second-order valence-corrected chi connectivity index (χ2v) is 7.48. The van der Waals surface area contributed by atoms with E-state index in [1.807, 2.05) is 12.1 Å². The first-order chi connectivity index (χ1) is 11.3. The standard InChI is InChI=1S/C18H24N6/c1-12(2)17(13-6-8-14(9-7-13)18(3,4)5)19-15-10-11-16-20-22-23-24(16)21-15/h6-12,17H,1-5H3,(H,19,21)/t17-/m1/s1. The maximum atomic E-state index is 4.41. The highest BCUT2D eigenvalue weighted by Gasteiger charge is 2.19. The zero-order valence-electron chi connectivity index (χ0n) is 14.9. The van der Waals surface area contributed by atoms with E-state index in [2.05, 4.69) is 84.8 Å². The molecule has 0 aliphatic carbocycles. The van der Waals surface area contributed by atoms with E-state index in [1.165, 1.54) is 15.8 Å². The Kier molecular flexibility index (Phi) is 4.22. The van der Waals surface area contributed by atoms with Gasteiger partial charge >= 0.3 is 0 Å². The summed E-state index contributed by atoms with van der Waals surface area (Å²) in [4.78, 5) is 0. The number of nitrogens with zero attached hydrogens (tertiary/aromatic N) is 5. The lowest BCUT2D eigenvalue weighted by Gasteiger charge is -2.25. The molecule has 24 heavy (non-hydrogen) atoms. The van der Waals surface area contributed by atoms with E-state index in [0.717, 1.165) is 5.82 Å². The van der Waals surface area contributed by atoms with Gasteiger partial charge in [-0.3, -0.25) is 0 Å². The Hall–Kier alpha value is -2.50. The lowest BCUT2D eigenvalue weighted by Crippen LogP contribution is -2.19. The third-order valence-electron chi connectivity index (χ3n) is 4.18. The molecule has 0 saturated heterocycles. The number of hydrogen-bond acceptors (Lipinski definition) is 5. The van der Waals surface area contributed by atoms with Crippen LogP contribution in [-0.2, 0) is 5.41 Å². The second-order valence-electron chi connectivity index (χ2n) is 7.48. The van der Waals surface area contributed by atoms with E-state index in [9.17, 15) is 0 Å². The summed E-state index contributed by atoms with van der Waals surface area (Å²) >= 11 is 0. The van der Waals surface area contributed by atoms with Gasteiger partial charge in [-0.1, -0.05) is 58.9 Å². The second kappa shape index (κ2) is 6.19. The molecular weight excluding hydrogens is 300 g/mol. The quantitative estimate of drug-likeness (QED) is 0.794. The van der Waals surface area contributed by atoms with Gasteiger partial charge in [0.15, 0.2) is 5.65 Å². The van der Waals surface area contributed by atoms with Gasteiger partial charge in [-0.15, -0.1) is 14.8 Å². The van der Waals surface area contributed by atoms with E-state index in [1.54, 1.807) is 0 Å². The molecule has 6 nitrogen and oxygen atoms in total. The minimum atomic E-state index is 0.159. The van der Waals surface area contributed by atoms with Crippen molar-refractivity contribution in [1.29, 1.82) is 0 Å². The summed E-state index contributed by atoms with van der Waals surface area (Å²) in [7, 11) is 0. The molecular formula is C18H24N6. The number of fused-ring (bicyclic) bond motifs is 1. The molecule has 0 aliphatic heterocycles. The molecule has 0 spiro atoms. The molecule has 0 unspecified atom stereocenters. The summed E-state index contributed by atoms with van der Waals surface area (Å²) < 4.78 is 1.43. The van der Waals surface area contributed by atoms with Gasteiger partial charge in [-0.05, 0) is 45.0 Å². The average Bonchev–Trinajstić information content (AvgIpc) is 2.99. The molecule has 0 bridgehead atoms. The number of aromatic nitrogens is 5. The molecule has 0 amide bonds. The summed E-state index contributed by atoms with van der Waals surface area (Å²) in [6, 6.07) is 12.8. The van der Waals surface area contributed by atoms with Crippen molar-refractivity contribution < 1.29 is 0 Å². The predicted molar refractivity (Wildman–Crippen MR) is 94.9 cm³/mol. The number of nitrogens with one attached hydrogen (secondary N) is 1. The Morgan fingerprint density at radius 2 is 1.71 bits per heavy atom. The molecule has 0 radical (unpaired) electrons. The first-order valence-corrected chi connectivity index (χ1v) is 8.27. The Morgan fingerprint density at radius 1 is 1.00 bits per heavy atom. The van der Waals surface area contributed by atoms with Crippen molar-refractivity contribution in [2.24, 2.45) is 5.92 Å². The molecule has 3 aromatic rings. The van der Waals surface area contributed by atoms with Crippen LogP contribution in [0.3, 0.4) is 0 Å². The topological polar surface area (TPSA) is 68.0 Å². The van der Waals surface area contributed by atoms with E-state index in [4.69, 9.17) is 0 Å². The van der Waals surface area contributed by atoms with Crippen molar-refractivity contribution in [1.82, 2.24) is 25.3 Å². The number of tetrazole rings is 1. The maximum absolute atomic E-state index is 4.41. The molecule has 0 fully saturated rings. The van der Waals surface area contributed by atoms with Gasteiger partial charge in [-0.2, -0.15) is 0 Å². The van der Waals surface area contributed by atoms with Crippen LogP contribution in [0.4, 0.5) is 5.82 Å². The van der Waals surface area contributed by atoms with Gasteiger partial charge in [0.1, 0.15) is 5.82 Å². The van der Waals surface area contributed by atoms with Crippen LogP contribution in [0, 0.1) is 5.92 Å². The number of benzene rings is 1. The Morgan fingerprint density at radius 3 is 2.33 bits per heavy atom. The third-order valence-corrected chi connectivity index (χ3v) is 4.18. The van der Waals surface area contributed by atoms with E-state index in [-0.39, 0.29) is 11.5 Å². The summed E-state index contributed by atoms with van der Waals surface area (Å²) in [5, 5.41) is 19.3. The summed E-state index contributed by atoms with van der Waals surface area (Å²) in [6.07, 6.45) is 0. The fourth-order valence-corrected chi connectivity index (χ4v) is 2.71. The monoisotopic (exact) mass is 324 g/mol. The summed E-state index contributed by atoms with van der Waals surface area (Å²) in [5.41, 5.74) is 3.38. The molecule has 1 aromatic carbocycles. The minimum Gasteiger partial charge on any atom is -0.362 e. The molecule has 126 valence electrons. The molecule has 1 N–H and O–H groups in total. The maximum Gasteiger partial charge on any atom is 0.200 e. The zero-order valence-corrected chi connectivity index (χ0v) is 14.9. The smallest absolute Gasteiger partial charge is 0.200 e. The number of hydrogen-bond donors (Lipinski definition) is 1. The van der Waals surface area contributed by atoms with Gasteiger partial charge in [-0.25, -0.2) is 0 Å². The van der Waals surface area contributed by atoms with Crippen LogP contribution in [-0.4, -0.2) is 25.3 Å². The molecule has 0 aliphatic rings. The van der Waals surface area contributed by atoms with Crippen LogP contribution in [0.2, 0.25) is 0 Å². The Balaban J connectivity index is 1.86. The van der Waals surface area contributed by atoms with Crippen LogP contribution < -0.4 is 5.32 Å². The summed E-state index contributed by atoms with van der Waals surface area (Å²) in [5.74, 6) is 1.17. The van der Waals surface area contributed by atoms with Crippen molar-refractivity contribution in [3.63, 3.8) is 0 Å². The van der Waals surface area contributed by atoms with Gasteiger partial charge in [0.05, 0.1) is 6.04 Å². The lowest BCUT2D eigenvalue weighted by atomic mass is 9.85. The normalized spacial score (nSPS) is 13.4. The Bertz CT molecular complexity index is 813. The van der Waals surface area contributed by atoms with Crippen LogP contribution in [0.1, 0.15) is 51.8 Å². The first kappa shape index (κ1) is 16.4. The molecule has 3 rings (SSSR count). The highest BCUT2D eigenvalue weighted by atomic mass is 15.6. The van der Waals surface area contributed by atoms with Crippen molar-refractivity contribution in [2.45, 2.75) is 46.1 Å². The van der Waals surface area contributed by atoms with E-state index in [0.29, 0.717) is 11.6 Å². The molecule has 0 saturated carbocycles. The van der Waals surface area contributed by atoms with Crippen molar-refractivity contribution in [2.75, 3.05) is 5.32 Å². The molecule has 2 heterocycles. The van der Waals surface area contributed by atoms with Gasteiger partial charge in [0.2, 0.25) is 0 Å². The van der Waals surface area contributed by atoms with Crippen molar-refractivity contribution in [3.05, 3.63) is 47.5 Å². The zero-order chi connectivity index (χ0) is 17.3. The van der Waals surface area contributed by atoms with Crippen molar-refractivity contribution in [3.8, 4) is 0 Å². The predicted octanol–water partition coefficient (Wildman–Crippen LogP) is 3.63. The van der Waals surface area contributed by atoms with E-state index < -0.39 is 0 Å². The summed E-state index contributed by atoms with van der Waals surface area (Å²) in [6.45, 7) is 11.1. The Labute approximate surface area is 142 Å². The van der Waals surface area contributed by atoms with Crippen LogP contribution in [0.25, 0.3) is 5.65 Å². The minimum absolute atomic E-state index is 0.159. The van der Waals surface area contributed by atoms with Gasteiger partial charge < -0.3 is 5.32 Å². The van der Waals surface area contributed by atoms with Gasteiger partial charge in [0.25, 0.3) is 0 Å². The van der Waals surface area contributed by atoms with E-state index >= 15 is 0 Å². The van der Waals surface area contributed by atoms with Crippen LogP contribution in [0.5, 0.6) is 0 Å². The lowest BCUT2D eigenvalue weighted by molar-refractivity contribution is 0.541. The molecule has 6 heteroatoms. The van der Waals surface area contributed by atoms with Crippen LogP contribution in [0.15, 0.2) is 36.4 Å². The largest absolute Gasteiger partial charge is 0.362 e. The fraction of sp³-hybridized carbons (Fsp3) is 0.444. The SMILES string of the molecule is CC(C)[C@@H](Nc1ccc2nnnn2n1)c1ccc(C(C)(C)C)cc1. The highest BCUT2D eigenvalue weighted by molar-refractivity contribution is 5.44. The molecule has 1 atom stereocenters. The van der Waals surface area contributed by atoms with Gasteiger partial charge in [0, 0.05) is 0 Å². The first-order valence-electron chi connectivity index (χ1n) is 8.27.